The molecule has 0 aromatic heterocycles. The maximum absolute atomic E-state index is 6.50. The highest BCUT2D eigenvalue weighted by atomic mass is 15.2. The largest absolute Gasteiger partial charge is 0.310 e. The summed E-state index contributed by atoms with van der Waals surface area (Å²) < 4.78 is 0. The van der Waals surface area contributed by atoms with E-state index < -0.39 is 5.41 Å². The summed E-state index contributed by atoms with van der Waals surface area (Å²) in [6.45, 7) is 0. The molecule has 1 aliphatic carbocycles. The lowest BCUT2D eigenvalue weighted by molar-refractivity contribution is 0.753. The Bertz CT molecular complexity index is 2150. The van der Waals surface area contributed by atoms with Gasteiger partial charge in [-0.05, 0) is 91.3 Å². The summed E-state index contributed by atoms with van der Waals surface area (Å²) in [5.41, 5.74) is 11.5. The van der Waals surface area contributed by atoms with Crippen LogP contribution in [0.1, 0.15) is 22.3 Å². The zero-order valence-electron chi connectivity index (χ0n) is 22.4. The van der Waals surface area contributed by atoms with Crippen LogP contribution in [0.3, 0.4) is 0 Å². The molecule has 2 aliphatic rings. The van der Waals surface area contributed by atoms with Crippen molar-refractivity contribution in [2.45, 2.75) is 5.41 Å². The minimum absolute atomic E-state index is 0.460. The Labute approximate surface area is 240 Å². The molecule has 41 heavy (non-hydrogen) atoms. The summed E-state index contributed by atoms with van der Waals surface area (Å²) in [4.78, 5) is 2.44. The first kappa shape index (κ1) is 22.7. The third-order valence-electron chi connectivity index (χ3n) is 9.11. The van der Waals surface area contributed by atoms with Gasteiger partial charge in [0.05, 0.1) is 16.8 Å². The number of hydrogen-bond acceptors (Lipinski definition) is 1. The summed E-state index contributed by atoms with van der Waals surface area (Å²) in [5.74, 6) is 0. The van der Waals surface area contributed by atoms with Crippen LogP contribution >= 0.6 is 0 Å². The molecule has 0 saturated carbocycles. The molecule has 7 aromatic carbocycles. The third kappa shape index (κ3) is 2.97. The van der Waals surface area contributed by atoms with Crippen molar-refractivity contribution in [3.8, 4) is 11.1 Å². The Kier molecular flexibility index (Phi) is 4.55. The van der Waals surface area contributed by atoms with Crippen LogP contribution in [-0.4, -0.2) is 7.85 Å². The molecule has 2 radical (unpaired) electrons. The van der Waals surface area contributed by atoms with Gasteiger partial charge in [0, 0.05) is 5.69 Å². The molecular formula is C39H24BN. The molecule has 0 amide bonds. The van der Waals surface area contributed by atoms with Crippen LogP contribution < -0.4 is 10.4 Å². The second kappa shape index (κ2) is 8.22. The lowest BCUT2D eigenvalue weighted by Crippen LogP contribution is -2.36. The monoisotopic (exact) mass is 517 g/mol. The average Bonchev–Trinajstić information content (AvgIpc) is 3.30. The van der Waals surface area contributed by atoms with E-state index in [1.165, 1.54) is 66.3 Å². The number of benzene rings is 7. The molecule has 0 saturated heterocycles. The van der Waals surface area contributed by atoms with E-state index in [2.05, 4.69) is 144 Å². The van der Waals surface area contributed by atoms with Crippen LogP contribution in [0, 0.1) is 0 Å². The molecule has 0 unspecified atom stereocenters. The second-order valence-corrected chi connectivity index (χ2v) is 11.2. The summed E-state index contributed by atoms with van der Waals surface area (Å²) >= 11 is 0. The quantitative estimate of drug-likeness (QED) is 0.155. The number of anilines is 3. The number of rotatable bonds is 1. The van der Waals surface area contributed by atoms with Crippen LogP contribution in [0.25, 0.3) is 32.7 Å². The number of para-hydroxylation sites is 2. The van der Waals surface area contributed by atoms with Gasteiger partial charge in [-0.25, -0.2) is 0 Å². The van der Waals surface area contributed by atoms with Crippen molar-refractivity contribution >= 4 is 51.9 Å². The SMILES string of the molecule is [B]c1ccc2c(c1)C1(c3ccccc3-2)c2ccccc2N(c2ccc3cc4ccccc4cc3c2)c2ccccc21. The van der Waals surface area contributed by atoms with Crippen LogP contribution in [-0.2, 0) is 5.41 Å². The predicted molar refractivity (Wildman–Crippen MR) is 172 cm³/mol. The summed E-state index contributed by atoms with van der Waals surface area (Å²) in [6, 6.07) is 53.1. The standard InChI is InChI=1S/C39H24BN/c40-29-18-20-32-31-11-3-4-12-33(31)39(36(32)24-29)34-13-5-7-15-37(34)41(38-16-8-6-14-35(38)39)30-19-17-27-21-25-9-1-2-10-26(25)22-28(27)23-30/h1-24H. The van der Waals surface area contributed by atoms with Crippen molar-refractivity contribution < 1.29 is 0 Å². The first-order chi connectivity index (χ1) is 20.2. The molecule has 1 heterocycles. The number of hydrogen-bond donors (Lipinski definition) is 0. The molecule has 9 rings (SSSR count). The van der Waals surface area contributed by atoms with E-state index in [9.17, 15) is 0 Å². The molecule has 0 atom stereocenters. The van der Waals surface area contributed by atoms with E-state index in [0.29, 0.717) is 0 Å². The molecule has 188 valence electrons. The fourth-order valence-electron chi connectivity index (χ4n) is 7.47. The molecule has 7 aromatic rings. The Morgan fingerprint density at radius 1 is 0.415 bits per heavy atom. The van der Waals surface area contributed by atoms with E-state index >= 15 is 0 Å². The van der Waals surface area contributed by atoms with Crippen molar-refractivity contribution in [2.24, 2.45) is 0 Å². The minimum Gasteiger partial charge on any atom is -0.310 e. The lowest BCUT2D eigenvalue weighted by atomic mass is 9.64. The summed E-state index contributed by atoms with van der Waals surface area (Å²) in [6.07, 6.45) is 0. The van der Waals surface area contributed by atoms with Gasteiger partial charge in [0.1, 0.15) is 7.85 Å². The highest BCUT2D eigenvalue weighted by Crippen LogP contribution is 2.63. The molecule has 1 aliphatic heterocycles. The predicted octanol–water partition coefficient (Wildman–Crippen LogP) is 8.93. The molecule has 0 N–H and O–H groups in total. The fraction of sp³-hybridized carbons (Fsp3) is 0.0256. The normalized spacial score (nSPS) is 14.1. The van der Waals surface area contributed by atoms with Crippen molar-refractivity contribution in [3.63, 3.8) is 0 Å². The minimum atomic E-state index is -0.460. The summed E-state index contributed by atoms with van der Waals surface area (Å²) in [5, 5.41) is 5.01. The highest BCUT2D eigenvalue weighted by molar-refractivity contribution is 6.32. The second-order valence-electron chi connectivity index (χ2n) is 11.2. The van der Waals surface area contributed by atoms with Crippen LogP contribution in [0.5, 0.6) is 0 Å². The number of fused-ring (bicyclic) bond motifs is 11. The van der Waals surface area contributed by atoms with Gasteiger partial charge in [-0.3, -0.25) is 0 Å². The van der Waals surface area contributed by atoms with Gasteiger partial charge in [-0.1, -0.05) is 115 Å². The Balaban J connectivity index is 1.37. The Hall–Kier alpha value is -5.08. The Morgan fingerprint density at radius 2 is 0.976 bits per heavy atom. The van der Waals surface area contributed by atoms with E-state index in [0.717, 1.165) is 11.2 Å². The van der Waals surface area contributed by atoms with Gasteiger partial charge < -0.3 is 4.90 Å². The molecule has 1 spiro atoms. The van der Waals surface area contributed by atoms with Crippen LogP contribution in [0.15, 0.2) is 146 Å². The molecule has 1 nitrogen and oxygen atoms in total. The van der Waals surface area contributed by atoms with E-state index in [4.69, 9.17) is 7.85 Å². The van der Waals surface area contributed by atoms with E-state index in [1.54, 1.807) is 0 Å². The lowest BCUT2D eigenvalue weighted by Gasteiger charge is -2.45. The van der Waals surface area contributed by atoms with Gasteiger partial charge in [-0.2, -0.15) is 0 Å². The van der Waals surface area contributed by atoms with Crippen molar-refractivity contribution in [3.05, 3.63) is 168 Å². The van der Waals surface area contributed by atoms with Gasteiger partial charge in [0.2, 0.25) is 0 Å². The molecule has 0 bridgehead atoms. The Morgan fingerprint density at radius 3 is 1.71 bits per heavy atom. The van der Waals surface area contributed by atoms with Gasteiger partial charge in [-0.15, -0.1) is 0 Å². The van der Waals surface area contributed by atoms with Gasteiger partial charge in [0.25, 0.3) is 0 Å². The first-order valence-corrected chi connectivity index (χ1v) is 14.1. The van der Waals surface area contributed by atoms with Crippen molar-refractivity contribution in [1.82, 2.24) is 0 Å². The van der Waals surface area contributed by atoms with E-state index in [-0.39, 0.29) is 0 Å². The third-order valence-corrected chi connectivity index (χ3v) is 9.11. The van der Waals surface area contributed by atoms with Crippen LogP contribution in [0.2, 0.25) is 0 Å². The van der Waals surface area contributed by atoms with Gasteiger partial charge >= 0.3 is 0 Å². The topological polar surface area (TPSA) is 3.24 Å². The first-order valence-electron chi connectivity index (χ1n) is 14.1. The smallest absolute Gasteiger partial charge is 0.113 e. The van der Waals surface area contributed by atoms with Crippen molar-refractivity contribution in [1.29, 1.82) is 0 Å². The molecule has 2 heteroatoms. The average molecular weight is 517 g/mol. The highest BCUT2D eigenvalue weighted by Gasteiger charge is 2.51. The summed E-state index contributed by atoms with van der Waals surface area (Å²) in [7, 11) is 6.50. The maximum Gasteiger partial charge on any atom is 0.113 e. The van der Waals surface area contributed by atoms with Gasteiger partial charge in [0.15, 0.2) is 0 Å². The number of nitrogens with zero attached hydrogens (tertiary/aromatic N) is 1. The molecule has 0 fully saturated rings. The zero-order chi connectivity index (χ0) is 27.1. The fourth-order valence-corrected chi connectivity index (χ4v) is 7.47. The van der Waals surface area contributed by atoms with Crippen LogP contribution in [0.4, 0.5) is 17.1 Å². The van der Waals surface area contributed by atoms with E-state index in [1.807, 2.05) is 6.07 Å². The van der Waals surface area contributed by atoms with Crippen molar-refractivity contribution in [2.75, 3.05) is 4.90 Å². The molecular weight excluding hydrogens is 493 g/mol. The maximum atomic E-state index is 6.50. The zero-order valence-corrected chi connectivity index (χ0v) is 22.4.